The van der Waals surface area contributed by atoms with Gasteiger partial charge in [-0.2, -0.15) is 0 Å². The molecular formula is C11H16BrClN4. The van der Waals surface area contributed by atoms with Crippen molar-refractivity contribution in [2.24, 2.45) is 11.7 Å². The Morgan fingerprint density at radius 2 is 2.35 bits per heavy atom. The van der Waals surface area contributed by atoms with Gasteiger partial charge >= 0.3 is 0 Å². The summed E-state index contributed by atoms with van der Waals surface area (Å²) >= 11 is 9.47. The maximum atomic E-state index is 7.41. The second-order valence-corrected chi connectivity index (χ2v) is 5.18. The number of hydrogen-bond acceptors (Lipinski definition) is 3. The molecule has 3 N–H and O–H groups in total. The topological polar surface area (TPSA) is 66.0 Å². The fourth-order valence-corrected chi connectivity index (χ4v) is 2.18. The fourth-order valence-electron chi connectivity index (χ4n) is 1.43. The van der Waals surface area contributed by atoms with Crippen LogP contribution in [0.25, 0.3) is 0 Å². The van der Waals surface area contributed by atoms with Gasteiger partial charge in [0, 0.05) is 29.7 Å². The molecule has 4 nitrogen and oxygen atoms in total. The smallest absolute Gasteiger partial charge is 0.147 e. The van der Waals surface area contributed by atoms with Gasteiger partial charge in [-0.3, -0.25) is 5.41 Å². The summed E-state index contributed by atoms with van der Waals surface area (Å²) in [6.07, 6.45) is 1.71. The molecule has 1 aromatic heterocycles. The highest BCUT2D eigenvalue weighted by Gasteiger charge is 2.15. The number of nitrogens with zero attached hydrogens (tertiary/aromatic N) is 2. The van der Waals surface area contributed by atoms with Crippen molar-refractivity contribution < 1.29 is 0 Å². The highest BCUT2D eigenvalue weighted by molar-refractivity contribution is 9.10. The molecule has 17 heavy (non-hydrogen) atoms. The van der Waals surface area contributed by atoms with E-state index in [9.17, 15) is 0 Å². The number of amidine groups is 1. The van der Waals surface area contributed by atoms with E-state index in [1.165, 1.54) is 0 Å². The van der Waals surface area contributed by atoms with Crippen LogP contribution in [0.1, 0.15) is 13.8 Å². The average molecular weight is 320 g/mol. The molecule has 0 aromatic carbocycles. The summed E-state index contributed by atoms with van der Waals surface area (Å²) in [5.74, 6) is 0.888. The summed E-state index contributed by atoms with van der Waals surface area (Å²) in [7, 11) is 0. The molecule has 0 aliphatic rings. The molecule has 1 heterocycles. The molecule has 94 valence electrons. The summed E-state index contributed by atoms with van der Waals surface area (Å²) in [4.78, 5) is 6.31. The van der Waals surface area contributed by atoms with Crippen molar-refractivity contribution in [3.8, 4) is 0 Å². The normalized spacial score (nSPS) is 12.2. The molecule has 1 aromatic rings. The summed E-state index contributed by atoms with van der Waals surface area (Å²) in [6, 6.07) is 1.81. The van der Waals surface area contributed by atoms with Gasteiger partial charge in [-0.05, 0) is 28.9 Å². The van der Waals surface area contributed by atoms with E-state index in [1.807, 2.05) is 24.8 Å². The van der Waals surface area contributed by atoms with Gasteiger partial charge in [0.2, 0.25) is 0 Å². The van der Waals surface area contributed by atoms with E-state index in [2.05, 4.69) is 20.9 Å². The Morgan fingerprint density at radius 3 is 2.82 bits per heavy atom. The molecule has 0 saturated carbocycles. The molecule has 1 unspecified atom stereocenters. The van der Waals surface area contributed by atoms with Crippen LogP contribution >= 0.6 is 27.5 Å². The van der Waals surface area contributed by atoms with Crippen molar-refractivity contribution in [2.75, 3.05) is 18.0 Å². The van der Waals surface area contributed by atoms with Crippen molar-refractivity contribution in [3.63, 3.8) is 0 Å². The van der Waals surface area contributed by atoms with E-state index >= 15 is 0 Å². The summed E-state index contributed by atoms with van der Waals surface area (Å²) in [6.45, 7) is 5.34. The van der Waals surface area contributed by atoms with Crippen LogP contribution in [-0.4, -0.2) is 23.9 Å². The molecule has 0 fully saturated rings. The predicted molar refractivity (Wildman–Crippen MR) is 75.9 cm³/mol. The first-order valence-electron chi connectivity index (χ1n) is 5.35. The standard InChI is InChI=1S/C11H16BrClN4/c1-3-17(6-7(2)10(14)15)11-9(13)4-8(12)5-16-11/h4-5,7H,3,6H2,1-2H3,(H3,14,15). The Kier molecular flexibility index (Phi) is 5.21. The van der Waals surface area contributed by atoms with Crippen LogP contribution in [-0.2, 0) is 0 Å². The number of pyridine rings is 1. The lowest BCUT2D eigenvalue weighted by Crippen LogP contribution is -2.35. The Balaban J connectivity index is 2.90. The number of nitrogens with two attached hydrogens (primary N) is 1. The predicted octanol–water partition coefficient (Wildman–Crippen LogP) is 2.90. The van der Waals surface area contributed by atoms with Gasteiger partial charge in [0.1, 0.15) is 5.82 Å². The number of aromatic nitrogens is 1. The van der Waals surface area contributed by atoms with E-state index in [4.69, 9.17) is 22.7 Å². The molecule has 1 atom stereocenters. The minimum atomic E-state index is -0.0172. The lowest BCUT2D eigenvalue weighted by molar-refractivity contribution is 0.690. The van der Waals surface area contributed by atoms with Crippen molar-refractivity contribution >= 4 is 39.2 Å². The van der Waals surface area contributed by atoms with Crippen molar-refractivity contribution in [1.82, 2.24) is 4.98 Å². The number of rotatable bonds is 5. The molecule has 0 spiro atoms. The van der Waals surface area contributed by atoms with E-state index in [1.54, 1.807) is 6.20 Å². The highest BCUT2D eigenvalue weighted by Crippen LogP contribution is 2.26. The molecule has 0 aliphatic carbocycles. The van der Waals surface area contributed by atoms with Crippen molar-refractivity contribution in [3.05, 3.63) is 21.8 Å². The third-order valence-corrected chi connectivity index (χ3v) is 3.21. The average Bonchev–Trinajstić information content (AvgIpc) is 2.26. The first-order valence-corrected chi connectivity index (χ1v) is 6.52. The minimum Gasteiger partial charge on any atom is -0.387 e. The van der Waals surface area contributed by atoms with Crippen LogP contribution in [0.2, 0.25) is 5.02 Å². The third kappa shape index (κ3) is 3.85. The third-order valence-electron chi connectivity index (χ3n) is 2.49. The second kappa shape index (κ2) is 6.21. The van der Waals surface area contributed by atoms with Crippen LogP contribution in [0.3, 0.4) is 0 Å². The number of anilines is 1. The first-order chi connectivity index (χ1) is 7.95. The summed E-state index contributed by atoms with van der Waals surface area (Å²) in [5.41, 5.74) is 5.47. The van der Waals surface area contributed by atoms with Gasteiger partial charge in [0.05, 0.1) is 10.9 Å². The quantitative estimate of drug-likeness (QED) is 0.648. The first kappa shape index (κ1) is 14.3. The zero-order valence-corrected chi connectivity index (χ0v) is 12.2. The number of halogens is 2. The number of nitrogens with one attached hydrogen (secondary N) is 1. The fraction of sp³-hybridized carbons (Fsp3) is 0.455. The van der Waals surface area contributed by atoms with Crippen molar-refractivity contribution in [2.45, 2.75) is 13.8 Å². The minimum absolute atomic E-state index is 0.0172. The molecule has 6 heteroatoms. The number of hydrogen-bond donors (Lipinski definition) is 2. The van der Waals surface area contributed by atoms with E-state index < -0.39 is 0 Å². The van der Waals surface area contributed by atoms with Crippen LogP contribution in [0.4, 0.5) is 5.82 Å². The van der Waals surface area contributed by atoms with Gasteiger partial charge in [-0.25, -0.2) is 4.98 Å². The van der Waals surface area contributed by atoms with Gasteiger partial charge < -0.3 is 10.6 Å². The Hall–Kier alpha value is -0.810. The maximum Gasteiger partial charge on any atom is 0.147 e. The molecular weight excluding hydrogens is 304 g/mol. The molecule has 1 rings (SSSR count). The molecule has 0 aliphatic heterocycles. The van der Waals surface area contributed by atoms with Gasteiger partial charge in [0.25, 0.3) is 0 Å². The molecule has 0 radical (unpaired) electrons. The van der Waals surface area contributed by atoms with E-state index in [0.717, 1.165) is 16.8 Å². The Morgan fingerprint density at radius 1 is 1.71 bits per heavy atom. The molecule has 0 saturated heterocycles. The highest BCUT2D eigenvalue weighted by atomic mass is 79.9. The molecule has 0 bridgehead atoms. The lowest BCUT2D eigenvalue weighted by atomic mass is 10.1. The second-order valence-electron chi connectivity index (χ2n) is 3.85. The zero-order valence-electron chi connectivity index (χ0n) is 9.87. The SMILES string of the molecule is CCN(CC(C)C(=N)N)c1ncc(Br)cc1Cl. The Labute approximate surface area is 115 Å². The van der Waals surface area contributed by atoms with Gasteiger partial charge in [-0.15, -0.1) is 0 Å². The van der Waals surface area contributed by atoms with Gasteiger partial charge in [0.15, 0.2) is 0 Å². The largest absolute Gasteiger partial charge is 0.387 e. The molecule has 0 amide bonds. The zero-order chi connectivity index (χ0) is 13.0. The summed E-state index contributed by atoms with van der Waals surface area (Å²) in [5, 5.41) is 8.00. The monoisotopic (exact) mass is 318 g/mol. The summed E-state index contributed by atoms with van der Waals surface area (Å²) < 4.78 is 0.849. The van der Waals surface area contributed by atoms with Crippen LogP contribution < -0.4 is 10.6 Å². The van der Waals surface area contributed by atoms with Crippen LogP contribution in [0, 0.1) is 11.3 Å². The maximum absolute atomic E-state index is 7.41. The van der Waals surface area contributed by atoms with E-state index in [0.29, 0.717) is 11.6 Å². The lowest BCUT2D eigenvalue weighted by Gasteiger charge is -2.25. The van der Waals surface area contributed by atoms with E-state index in [-0.39, 0.29) is 11.8 Å². The van der Waals surface area contributed by atoms with Gasteiger partial charge in [-0.1, -0.05) is 18.5 Å². The van der Waals surface area contributed by atoms with Crippen LogP contribution in [0.5, 0.6) is 0 Å². The van der Waals surface area contributed by atoms with Crippen LogP contribution in [0.15, 0.2) is 16.7 Å². The van der Waals surface area contributed by atoms with Crippen molar-refractivity contribution in [1.29, 1.82) is 5.41 Å². The Bertz CT molecular complexity index is 410.